The van der Waals surface area contributed by atoms with Gasteiger partial charge in [0.15, 0.2) is 5.69 Å². The van der Waals surface area contributed by atoms with Crippen LogP contribution in [0.4, 0.5) is 0 Å². The van der Waals surface area contributed by atoms with Crippen molar-refractivity contribution in [3.8, 4) is 0 Å². The van der Waals surface area contributed by atoms with E-state index in [4.69, 9.17) is 0 Å². The fraction of sp³-hybridized carbons (Fsp3) is 0.231. The summed E-state index contributed by atoms with van der Waals surface area (Å²) in [5.41, 5.74) is 1.90. The van der Waals surface area contributed by atoms with E-state index < -0.39 is 5.97 Å². The molecule has 4 nitrogen and oxygen atoms in total. The van der Waals surface area contributed by atoms with Crippen LogP contribution >= 0.6 is 0 Å². The Labute approximate surface area is 99.5 Å². The maximum Gasteiger partial charge on any atom is 0.354 e. The zero-order chi connectivity index (χ0) is 12.4. The molecule has 0 aliphatic rings. The van der Waals surface area contributed by atoms with Crippen LogP contribution < -0.4 is 0 Å². The number of aromatic nitrogens is 2. The number of aromatic carboxylic acids is 1. The highest BCUT2D eigenvalue weighted by atomic mass is 16.4. The first-order chi connectivity index (χ1) is 8.09. The summed E-state index contributed by atoms with van der Waals surface area (Å²) < 4.78 is 1.73. The fourth-order valence-electron chi connectivity index (χ4n) is 1.94. The quantitative estimate of drug-likeness (QED) is 0.879. The Bertz CT molecular complexity index is 544. The van der Waals surface area contributed by atoms with E-state index in [-0.39, 0.29) is 5.69 Å². The number of imidazole rings is 1. The molecule has 0 aliphatic carbocycles. The second-order valence-corrected chi connectivity index (χ2v) is 3.97. The van der Waals surface area contributed by atoms with Crippen molar-refractivity contribution >= 4 is 5.97 Å². The number of rotatable bonds is 3. The van der Waals surface area contributed by atoms with Gasteiger partial charge in [-0.3, -0.25) is 0 Å². The van der Waals surface area contributed by atoms with Gasteiger partial charge in [-0.15, -0.1) is 0 Å². The molecule has 0 bridgehead atoms. The molecule has 2 rings (SSSR count). The summed E-state index contributed by atoms with van der Waals surface area (Å²) in [6.07, 6.45) is 0. The van der Waals surface area contributed by atoms with E-state index in [1.54, 1.807) is 11.5 Å². The van der Waals surface area contributed by atoms with Crippen LogP contribution in [-0.4, -0.2) is 20.6 Å². The van der Waals surface area contributed by atoms with Crippen molar-refractivity contribution in [2.45, 2.75) is 20.4 Å². The topological polar surface area (TPSA) is 55.1 Å². The molecule has 1 N–H and O–H groups in total. The number of carboxylic acid groups (broad SMARTS) is 1. The number of carboxylic acids is 1. The minimum absolute atomic E-state index is 0.270. The zero-order valence-electron chi connectivity index (χ0n) is 9.84. The summed E-state index contributed by atoms with van der Waals surface area (Å²) in [7, 11) is 0. The molecule has 1 aromatic heterocycles. The monoisotopic (exact) mass is 230 g/mol. The highest BCUT2D eigenvalue weighted by molar-refractivity contribution is 5.87. The molecule has 0 fully saturated rings. The Balaban J connectivity index is 2.42. The van der Waals surface area contributed by atoms with Crippen LogP contribution in [0.25, 0.3) is 0 Å². The lowest BCUT2D eigenvalue weighted by atomic mass is 10.2. The third kappa shape index (κ3) is 2.20. The van der Waals surface area contributed by atoms with E-state index >= 15 is 0 Å². The number of nitrogens with zero attached hydrogens (tertiary/aromatic N) is 2. The number of hydrogen-bond acceptors (Lipinski definition) is 2. The highest BCUT2D eigenvalue weighted by Gasteiger charge is 2.17. The van der Waals surface area contributed by atoms with Crippen molar-refractivity contribution in [3.05, 3.63) is 53.1 Å². The molecule has 4 heteroatoms. The molecule has 1 heterocycles. The number of benzene rings is 1. The van der Waals surface area contributed by atoms with Gasteiger partial charge < -0.3 is 9.67 Å². The largest absolute Gasteiger partial charge is 0.477 e. The third-order valence-corrected chi connectivity index (χ3v) is 2.72. The molecule has 1 aromatic carbocycles. The fourth-order valence-corrected chi connectivity index (χ4v) is 1.94. The molecule has 88 valence electrons. The molecular formula is C13H14N2O2. The second kappa shape index (κ2) is 4.41. The van der Waals surface area contributed by atoms with Crippen molar-refractivity contribution in [3.63, 3.8) is 0 Å². The maximum absolute atomic E-state index is 11.2. The van der Waals surface area contributed by atoms with Gasteiger partial charge in [-0.25, -0.2) is 9.78 Å². The van der Waals surface area contributed by atoms with Gasteiger partial charge in [-0.05, 0) is 19.4 Å². The highest BCUT2D eigenvalue weighted by Crippen LogP contribution is 2.13. The first-order valence-corrected chi connectivity index (χ1v) is 5.40. The Hall–Kier alpha value is -2.10. The van der Waals surface area contributed by atoms with Crippen LogP contribution in [0.15, 0.2) is 30.3 Å². The second-order valence-electron chi connectivity index (χ2n) is 3.97. The van der Waals surface area contributed by atoms with E-state index in [1.165, 1.54) is 0 Å². The average molecular weight is 230 g/mol. The van der Waals surface area contributed by atoms with Gasteiger partial charge in [0, 0.05) is 6.54 Å². The predicted molar refractivity (Wildman–Crippen MR) is 64.2 cm³/mol. The van der Waals surface area contributed by atoms with Crippen LogP contribution in [0, 0.1) is 13.8 Å². The summed E-state index contributed by atoms with van der Waals surface area (Å²) in [6, 6.07) is 9.76. The van der Waals surface area contributed by atoms with E-state index in [9.17, 15) is 9.90 Å². The first-order valence-electron chi connectivity index (χ1n) is 5.40. The molecule has 0 spiro atoms. The molecule has 0 amide bonds. The minimum Gasteiger partial charge on any atom is -0.477 e. The Morgan fingerprint density at radius 2 is 1.94 bits per heavy atom. The lowest BCUT2D eigenvalue weighted by Crippen LogP contribution is -2.11. The minimum atomic E-state index is -0.931. The van der Waals surface area contributed by atoms with Gasteiger partial charge in [-0.2, -0.15) is 0 Å². The molecule has 2 aromatic rings. The molecule has 17 heavy (non-hydrogen) atoms. The van der Waals surface area contributed by atoms with E-state index in [2.05, 4.69) is 4.98 Å². The third-order valence-electron chi connectivity index (χ3n) is 2.72. The molecule has 0 unspecified atom stereocenters. The van der Waals surface area contributed by atoms with E-state index in [0.717, 1.165) is 11.4 Å². The lowest BCUT2D eigenvalue weighted by molar-refractivity contribution is 0.0684. The first kappa shape index (κ1) is 11.4. The number of aryl methyl sites for hydroxylation is 2. The van der Waals surface area contributed by atoms with Crippen molar-refractivity contribution in [2.75, 3.05) is 0 Å². The molecule has 0 aliphatic heterocycles. The Kier molecular flexibility index (Phi) is 2.95. The van der Waals surface area contributed by atoms with Gasteiger partial charge in [-0.1, -0.05) is 30.3 Å². The molecular weight excluding hydrogens is 216 g/mol. The Morgan fingerprint density at radius 3 is 2.53 bits per heavy atom. The zero-order valence-corrected chi connectivity index (χ0v) is 9.84. The van der Waals surface area contributed by atoms with Gasteiger partial charge >= 0.3 is 5.97 Å². The number of hydrogen-bond donors (Lipinski definition) is 1. The van der Waals surface area contributed by atoms with Crippen LogP contribution in [0.2, 0.25) is 0 Å². The standard InChI is InChI=1S/C13H14N2O2/c1-9-12(13(16)17)15(10(2)14-9)8-11-6-4-3-5-7-11/h3-7H,8H2,1-2H3,(H,16,17). The summed E-state index contributed by atoms with van der Waals surface area (Å²) in [5, 5.41) is 9.18. The summed E-state index contributed by atoms with van der Waals surface area (Å²) in [4.78, 5) is 15.4. The van der Waals surface area contributed by atoms with E-state index in [1.807, 2.05) is 37.3 Å². The molecule has 0 atom stereocenters. The SMILES string of the molecule is Cc1nc(C)n(Cc2ccccc2)c1C(=O)O. The van der Waals surface area contributed by atoms with Crippen molar-refractivity contribution in [1.29, 1.82) is 0 Å². The Morgan fingerprint density at radius 1 is 1.29 bits per heavy atom. The smallest absolute Gasteiger partial charge is 0.354 e. The van der Waals surface area contributed by atoms with Crippen LogP contribution in [0.5, 0.6) is 0 Å². The normalized spacial score (nSPS) is 10.5. The van der Waals surface area contributed by atoms with Crippen molar-refractivity contribution in [2.24, 2.45) is 0 Å². The average Bonchev–Trinajstić information content (AvgIpc) is 2.55. The van der Waals surface area contributed by atoms with Crippen molar-refractivity contribution < 1.29 is 9.90 Å². The van der Waals surface area contributed by atoms with E-state index in [0.29, 0.717) is 12.2 Å². The van der Waals surface area contributed by atoms with Crippen LogP contribution in [-0.2, 0) is 6.54 Å². The summed E-state index contributed by atoms with van der Waals surface area (Å²) in [6.45, 7) is 4.08. The van der Waals surface area contributed by atoms with Gasteiger partial charge in [0.25, 0.3) is 0 Å². The maximum atomic E-state index is 11.2. The molecule has 0 radical (unpaired) electrons. The predicted octanol–water partition coefficient (Wildman–Crippen LogP) is 2.25. The summed E-state index contributed by atoms with van der Waals surface area (Å²) in [5.74, 6) is -0.206. The molecule has 0 saturated carbocycles. The van der Waals surface area contributed by atoms with Crippen LogP contribution in [0.1, 0.15) is 27.6 Å². The molecule has 0 saturated heterocycles. The van der Waals surface area contributed by atoms with Crippen molar-refractivity contribution in [1.82, 2.24) is 9.55 Å². The van der Waals surface area contributed by atoms with Gasteiger partial charge in [0.05, 0.1) is 5.69 Å². The van der Waals surface area contributed by atoms with Gasteiger partial charge in [0.1, 0.15) is 5.82 Å². The summed E-state index contributed by atoms with van der Waals surface area (Å²) >= 11 is 0. The van der Waals surface area contributed by atoms with Crippen LogP contribution in [0.3, 0.4) is 0 Å². The van der Waals surface area contributed by atoms with Gasteiger partial charge in [0.2, 0.25) is 0 Å². The lowest BCUT2D eigenvalue weighted by Gasteiger charge is -2.08. The number of carbonyl (C=O) groups is 1.